The average molecular weight is 441 g/mol. The standard InChI is InChI=1S/C28H28N2O3/c1-28(2)18-21-12-13-23(33-3)16-24(21)25(30-28)17-26(31)20-10-7-11-22(15-20)29-27(32)14-19-8-5-4-6-9-19/h4-13,15-17,30H,14,18H2,1-3H3,(H,29,32). The van der Waals surface area contributed by atoms with E-state index in [2.05, 4.69) is 30.5 Å². The molecule has 5 nitrogen and oxygen atoms in total. The van der Waals surface area contributed by atoms with Gasteiger partial charge < -0.3 is 15.4 Å². The summed E-state index contributed by atoms with van der Waals surface area (Å²) < 4.78 is 5.39. The number of carbonyl (C=O) groups is 2. The van der Waals surface area contributed by atoms with Crippen molar-refractivity contribution >= 4 is 23.1 Å². The van der Waals surface area contributed by atoms with Crippen LogP contribution >= 0.6 is 0 Å². The van der Waals surface area contributed by atoms with Gasteiger partial charge in [-0.15, -0.1) is 0 Å². The molecular formula is C28H28N2O3. The van der Waals surface area contributed by atoms with Crippen molar-refractivity contribution < 1.29 is 14.3 Å². The van der Waals surface area contributed by atoms with Gasteiger partial charge in [0.2, 0.25) is 5.91 Å². The summed E-state index contributed by atoms with van der Waals surface area (Å²) in [5.74, 6) is 0.487. The number of allylic oxidation sites excluding steroid dienone is 1. The van der Waals surface area contributed by atoms with Gasteiger partial charge in [-0.3, -0.25) is 9.59 Å². The van der Waals surface area contributed by atoms with Crippen LogP contribution in [-0.2, 0) is 17.6 Å². The maximum atomic E-state index is 13.2. The summed E-state index contributed by atoms with van der Waals surface area (Å²) in [7, 11) is 1.63. The molecule has 0 saturated carbocycles. The third-order valence-corrected chi connectivity index (χ3v) is 5.63. The number of benzene rings is 3. The summed E-state index contributed by atoms with van der Waals surface area (Å²) in [4.78, 5) is 25.6. The van der Waals surface area contributed by atoms with E-state index in [9.17, 15) is 9.59 Å². The molecule has 4 rings (SSSR count). The average Bonchev–Trinajstić information content (AvgIpc) is 2.79. The van der Waals surface area contributed by atoms with E-state index in [-0.39, 0.29) is 23.7 Å². The van der Waals surface area contributed by atoms with Gasteiger partial charge in [0, 0.05) is 34.1 Å². The summed E-state index contributed by atoms with van der Waals surface area (Å²) in [6.45, 7) is 4.22. The Labute approximate surface area is 194 Å². The van der Waals surface area contributed by atoms with E-state index in [1.165, 1.54) is 5.56 Å². The minimum Gasteiger partial charge on any atom is -0.497 e. The van der Waals surface area contributed by atoms with Crippen LogP contribution in [0.2, 0.25) is 0 Å². The van der Waals surface area contributed by atoms with E-state index >= 15 is 0 Å². The van der Waals surface area contributed by atoms with Crippen molar-refractivity contribution in [3.8, 4) is 5.75 Å². The quantitative estimate of drug-likeness (QED) is 0.417. The van der Waals surface area contributed by atoms with Crippen molar-refractivity contribution in [3.05, 3.63) is 101 Å². The maximum absolute atomic E-state index is 13.2. The monoisotopic (exact) mass is 440 g/mol. The molecule has 1 heterocycles. The maximum Gasteiger partial charge on any atom is 0.228 e. The van der Waals surface area contributed by atoms with E-state index in [1.807, 2.05) is 42.5 Å². The third-order valence-electron chi connectivity index (χ3n) is 5.63. The van der Waals surface area contributed by atoms with Crippen LogP contribution < -0.4 is 15.4 Å². The zero-order chi connectivity index (χ0) is 23.4. The molecule has 1 aliphatic rings. The molecule has 0 atom stereocenters. The Hall–Kier alpha value is -3.86. The molecule has 168 valence electrons. The molecule has 0 aliphatic carbocycles. The molecule has 3 aromatic carbocycles. The highest BCUT2D eigenvalue weighted by Crippen LogP contribution is 2.32. The predicted octanol–water partition coefficient (Wildman–Crippen LogP) is 5.02. The van der Waals surface area contributed by atoms with Gasteiger partial charge in [-0.2, -0.15) is 0 Å². The van der Waals surface area contributed by atoms with Gasteiger partial charge in [0.1, 0.15) is 5.75 Å². The van der Waals surface area contributed by atoms with Crippen LogP contribution in [0.3, 0.4) is 0 Å². The van der Waals surface area contributed by atoms with Gasteiger partial charge in [0.15, 0.2) is 5.78 Å². The second-order valence-electron chi connectivity index (χ2n) is 8.92. The van der Waals surface area contributed by atoms with E-state index in [0.717, 1.165) is 29.0 Å². The van der Waals surface area contributed by atoms with Crippen LogP contribution in [0.5, 0.6) is 5.75 Å². The van der Waals surface area contributed by atoms with Gasteiger partial charge in [-0.25, -0.2) is 0 Å². The van der Waals surface area contributed by atoms with E-state index < -0.39 is 0 Å². The minimum atomic E-state index is -0.180. The number of rotatable bonds is 6. The predicted molar refractivity (Wildman–Crippen MR) is 131 cm³/mol. The Morgan fingerprint density at radius 1 is 1.03 bits per heavy atom. The first-order valence-electron chi connectivity index (χ1n) is 11.0. The zero-order valence-electron chi connectivity index (χ0n) is 19.1. The molecule has 1 amide bonds. The normalized spacial score (nSPS) is 15.3. The largest absolute Gasteiger partial charge is 0.497 e. The first kappa shape index (κ1) is 22.3. The lowest BCUT2D eigenvalue weighted by atomic mass is 9.85. The fourth-order valence-electron chi connectivity index (χ4n) is 4.10. The van der Waals surface area contributed by atoms with Crippen LogP contribution in [0.15, 0.2) is 78.9 Å². The van der Waals surface area contributed by atoms with Crippen LogP contribution in [0, 0.1) is 0 Å². The molecule has 3 aromatic rings. The van der Waals surface area contributed by atoms with Crippen LogP contribution in [0.4, 0.5) is 5.69 Å². The van der Waals surface area contributed by atoms with E-state index in [0.29, 0.717) is 11.3 Å². The van der Waals surface area contributed by atoms with Gasteiger partial charge in [-0.1, -0.05) is 48.5 Å². The lowest BCUT2D eigenvalue weighted by Crippen LogP contribution is -2.43. The zero-order valence-corrected chi connectivity index (χ0v) is 19.1. The summed E-state index contributed by atoms with van der Waals surface area (Å²) >= 11 is 0. The van der Waals surface area contributed by atoms with Gasteiger partial charge in [0.25, 0.3) is 0 Å². The number of carbonyl (C=O) groups excluding carboxylic acids is 2. The number of ketones is 1. The van der Waals surface area contributed by atoms with E-state index in [4.69, 9.17) is 4.74 Å². The third kappa shape index (κ3) is 5.50. The van der Waals surface area contributed by atoms with Gasteiger partial charge >= 0.3 is 0 Å². The Balaban J connectivity index is 1.56. The summed E-state index contributed by atoms with van der Waals surface area (Å²) in [6, 6.07) is 22.5. The molecule has 5 heteroatoms. The number of hydrogen-bond acceptors (Lipinski definition) is 4. The molecule has 0 spiro atoms. The first-order valence-corrected chi connectivity index (χ1v) is 11.0. The number of methoxy groups -OCH3 is 1. The molecule has 0 bridgehead atoms. The molecule has 0 radical (unpaired) electrons. The Morgan fingerprint density at radius 3 is 2.58 bits per heavy atom. The molecule has 33 heavy (non-hydrogen) atoms. The molecule has 2 N–H and O–H groups in total. The van der Waals surface area contributed by atoms with Crippen molar-refractivity contribution in [3.63, 3.8) is 0 Å². The van der Waals surface area contributed by atoms with Crippen molar-refractivity contribution in [2.75, 3.05) is 12.4 Å². The second-order valence-corrected chi connectivity index (χ2v) is 8.92. The fourth-order valence-corrected chi connectivity index (χ4v) is 4.10. The molecule has 0 saturated heterocycles. The van der Waals surface area contributed by atoms with Crippen LogP contribution in [0.1, 0.15) is 40.9 Å². The highest BCUT2D eigenvalue weighted by Gasteiger charge is 2.28. The van der Waals surface area contributed by atoms with Gasteiger partial charge in [0.05, 0.1) is 13.5 Å². The number of nitrogens with one attached hydrogen (secondary N) is 2. The fraction of sp³-hybridized carbons (Fsp3) is 0.214. The molecular weight excluding hydrogens is 412 g/mol. The number of ether oxygens (including phenoxy) is 1. The van der Waals surface area contributed by atoms with Crippen molar-refractivity contribution in [2.45, 2.75) is 32.2 Å². The van der Waals surface area contributed by atoms with Gasteiger partial charge in [-0.05, 0) is 55.7 Å². The lowest BCUT2D eigenvalue weighted by molar-refractivity contribution is -0.115. The summed E-state index contributed by atoms with van der Waals surface area (Å²) in [5.41, 5.74) is 4.76. The summed E-state index contributed by atoms with van der Waals surface area (Å²) in [6.07, 6.45) is 2.76. The number of anilines is 1. The molecule has 0 fully saturated rings. The van der Waals surface area contributed by atoms with Crippen molar-refractivity contribution in [1.82, 2.24) is 5.32 Å². The SMILES string of the molecule is COc1ccc2c(c1)C(=CC(=O)c1cccc(NC(=O)Cc3ccccc3)c1)NC(C)(C)C2. The van der Waals surface area contributed by atoms with E-state index in [1.54, 1.807) is 37.5 Å². The number of amides is 1. The van der Waals surface area contributed by atoms with Crippen molar-refractivity contribution in [1.29, 1.82) is 0 Å². The lowest BCUT2D eigenvalue weighted by Gasteiger charge is -2.35. The first-order chi connectivity index (χ1) is 15.8. The topological polar surface area (TPSA) is 67.4 Å². The number of fused-ring (bicyclic) bond motifs is 1. The van der Waals surface area contributed by atoms with Crippen LogP contribution in [-0.4, -0.2) is 24.3 Å². The smallest absolute Gasteiger partial charge is 0.228 e. The molecule has 0 unspecified atom stereocenters. The molecule has 1 aliphatic heterocycles. The number of hydrogen-bond donors (Lipinski definition) is 2. The highest BCUT2D eigenvalue weighted by molar-refractivity contribution is 6.09. The summed E-state index contributed by atoms with van der Waals surface area (Å²) in [5, 5.41) is 6.38. The Kier molecular flexibility index (Phi) is 6.31. The highest BCUT2D eigenvalue weighted by atomic mass is 16.5. The minimum absolute atomic E-state index is 0.124. The Bertz CT molecular complexity index is 1210. The second kappa shape index (κ2) is 9.33. The Morgan fingerprint density at radius 2 is 1.82 bits per heavy atom. The van der Waals surface area contributed by atoms with Crippen LogP contribution in [0.25, 0.3) is 5.70 Å². The molecule has 0 aromatic heterocycles. The van der Waals surface area contributed by atoms with Crippen molar-refractivity contribution in [2.24, 2.45) is 0 Å².